The monoisotopic (exact) mass is 1060 g/mol. The molecule has 4 bridgehead atoms. The van der Waals surface area contributed by atoms with Gasteiger partial charge in [-0.15, -0.1) is 0 Å². The molecule has 15 rings (SSSR count). The highest BCUT2D eigenvalue weighted by atomic mass is 35.5. The molecule has 20 nitrogen and oxygen atoms in total. The number of rotatable bonds is 12. The lowest BCUT2D eigenvalue weighted by Crippen LogP contribution is -2.69. The second-order valence-electron chi connectivity index (χ2n) is 19.9. The molecule has 0 spiro atoms. The van der Waals surface area contributed by atoms with E-state index in [1.165, 1.54) is 30.2 Å². The maximum absolute atomic E-state index is 13.0. The summed E-state index contributed by atoms with van der Waals surface area (Å²) in [6.45, 7) is 8.31. The maximum Gasteiger partial charge on any atom is 0.327 e. The van der Waals surface area contributed by atoms with E-state index in [0.29, 0.717) is 79.7 Å². The van der Waals surface area contributed by atoms with Crippen LogP contribution in [0.25, 0.3) is 22.5 Å². The fourth-order valence-electron chi connectivity index (χ4n) is 10.9. The third-order valence-electron chi connectivity index (χ3n) is 14.6. The van der Waals surface area contributed by atoms with Gasteiger partial charge in [-0.1, -0.05) is 38.1 Å². The van der Waals surface area contributed by atoms with Crippen molar-refractivity contribution in [1.29, 1.82) is 0 Å². The van der Waals surface area contributed by atoms with Crippen LogP contribution in [0.4, 0.5) is 21.5 Å². The molecule has 8 aliphatic rings. The summed E-state index contributed by atoms with van der Waals surface area (Å²) in [5, 5.41) is 19.2. The molecule has 3 amide bonds. The van der Waals surface area contributed by atoms with E-state index in [4.69, 9.17) is 44.1 Å². The van der Waals surface area contributed by atoms with Crippen LogP contribution in [-0.2, 0) is 39.3 Å². The number of urea groups is 1. The van der Waals surface area contributed by atoms with Crippen LogP contribution < -0.4 is 36.9 Å². The molecular formula is C53H64Cl2N16O4. The predicted molar refractivity (Wildman–Crippen MR) is 287 cm³/mol. The van der Waals surface area contributed by atoms with Gasteiger partial charge in [0, 0.05) is 93.6 Å². The number of amides is 3. The average Bonchev–Trinajstić information content (AvgIpc) is 4.16. The minimum atomic E-state index is -0.0517. The number of halogens is 2. The Morgan fingerprint density at radius 2 is 1.20 bits per heavy atom. The van der Waals surface area contributed by atoms with Gasteiger partial charge in [-0.05, 0) is 112 Å². The van der Waals surface area contributed by atoms with Gasteiger partial charge in [0.2, 0.25) is 11.9 Å². The molecule has 0 unspecified atom stereocenters. The Bertz CT molecular complexity index is 3150. The van der Waals surface area contributed by atoms with Gasteiger partial charge >= 0.3 is 12.1 Å². The highest BCUT2D eigenvalue weighted by Gasteiger charge is 2.58. The number of anilines is 2. The zero-order valence-corrected chi connectivity index (χ0v) is 42.0. The van der Waals surface area contributed by atoms with Crippen molar-refractivity contribution in [1.82, 2.24) is 69.9 Å². The summed E-state index contributed by atoms with van der Waals surface area (Å²) in [7, 11) is 0. The molecule has 394 valence electrons. The number of nitrogens with zero attached hydrogens (tertiary/aromatic N) is 11. The van der Waals surface area contributed by atoms with Gasteiger partial charge in [0.25, 0.3) is 0 Å². The number of fused-ring (bicyclic) bond motifs is 2. The first-order chi connectivity index (χ1) is 35.3. The molecule has 7 N–H and O–H groups in total. The lowest BCUT2D eigenvalue weighted by molar-refractivity contribution is -0.0434. The third kappa shape index (κ3) is 11.0. The topological polar surface area (TPSA) is 249 Å². The summed E-state index contributed by atoms with van der Waals surface area (Å²) in [5.41, 5.74) is 21.0. The van der Waals surface area contributed by atoms with E-state index in [-0.39, 0.29) is 49.9 Å². The molecule has 2 aliphatic heterocycles. The SMILES string of the molecule is C.C.Cc1cc(Cl)cc(OCCn2cccn2)c1-c1nc(N)nc2c1CN(C(=O)NC13CC(C1)C3)C2.Cc1cc(Cl)cc(OCCn2cccn2)c1-c1nc(N)nc2c1CNC2.O=C(NC12CC(C1)C2)n1ccnc1. The number of carbonyl (C=O) groups excluding carboxylic acids is 2. The number of nitrogen functional groups attached to an aromatic ring is 2. The van der Waals surface area contributed by atoms with Gasteiger partial charge < -0.3 is 41.8 Å². The minimum Gasteiger partial charge on any atom is -0.491 e. The van der Waals surface area contributed by atoms with Crippen LogP contribution in [0.5, 0.6) is 11.5 Å². The van der Waals surface area contributed by atoms with Crippen LogP contribution in [0.3, 0.4) is 0 Å². The summed E-state index contributed by atoms with van der Waals surface area (Å²) in [6.07, 6.45) is 18.9. The molecular weight excluding hydrogens is 996 g/mol. The first kappa shape index (κ1) is 52.6. The lowest BCUT2D eigenvalue weighted by Gasteiger charge is -2.61. The van der Waals surface area contributed by atoms with E-state index in [0.717, 1.165) is 81.6 Å². The lowest BCUT2D eigenvalue weighted by atomic mass is 9.50. The van der Waals surface area contributed by atoms with Crippen molar-refractivity contribution in [2.24, 2.45) is 11.8 Å². The molecule has 7 heterocycles. The Kier molecular flexibility index (Phi) is 15.1. The van der Waals surface area contributed by atoms with Crippen molar-refractivity contribution in [2.45, 2.75) is 118 Å². The van der Waals surface area contributed by atoms with Crippen molar-refractivity contribution in [3.8, 4) is 34.0 Å². The molecule has 22 heteroatoms. The zero-order chi connectivity index (χ0) is 50.4. The smallest absolute Gasteiger partial charge is 0.327 e. The standard InChI is InChI=1S/C24H26ClN7O2.C18H19ClN6O.C9H11N3O.2CH4/c1-14-7-16(25)8-19(34-6-5-32-4-2-3-27-32)20(14)21-17-12-31(13-18(17)28-22(26)29-21)23(33)30-24-9-15(10-24)11-24;1-11-7-12(19)8-15(26-6-5-25-4-2-3-22-25)16(11)17-13-9-21-10-14(13)23-18(20)24-17;13-8(12-2-1-10-6-12)11-9-3-7(4-9)5-9;;/h2-4,7-8,15H,5-6,9-13H2,1H3,(H,30,33)(H2,26,28,29);2-4,7-8,21H,5-6,9-10H2,1H3,(H2,20,23,24);1-2,6-7H,3-5H2,(H,11,13);2*1H4. The summed E-state index contributed by atoms with van der Waals surface area (Å²) >= 11 is 12.6. The number of aromatic nitrogens is 10. The molecule has 75 heavy (non-hydrogen) atoms. The van der Waals surface area contributed by atoms with E-state index in [1.54, 1.807) is 40.4 Å². The largest absolute Gasteiger partial charge is 0.491 e. The van der Waals surface area contributed by atoms with Crippen LogP contribution in [0.1, 0.15) is 87.0 Å². The Hall–Kier alpha value is -7.29. The second-order valence-corrected chi connectivity index (χ2v) is 20.8. The first-order valence-electron chi connectivity index (χ1n) is 24.5. The van der Waals surface area contributed by atoms with E-state index < -0.39 is 0 Å². The van der Waals surface area contributed by atoms with Gasteiger partial charge in [-0.25, -0.2) is 34.5 Å². The highest BCUT2D eigenvalue weighted by Crippen LogP contribution is 2.57. The van der Waals surface area contributed by atoms with Crippen LogP contribution in [0.15, 0.2) is 79.9 Å². The number of benzene rings is 2. The molecule has 0 radical (unpaired) electrons. The van der Waals surface area contributed by atoms with E-state index >= 15 is 0 Å². The molecule has 6 aliphatic carbocycles. The normalized spacial score (nSPS) is 20.5. The number of imidazole rings is 1. The molecule has 5 aromatic heterocycles. The number of carbonyl (C=O) groups is 2. The van der Waals surface area contributed by atoms with E-state index in [2.05, 4.69) is 51.1 Å². The number of nitrogens with one attached hydrogen (secondary N) is 3. The van der Waals surface area contributed by atoms with Crippen molar-refractivity contribution in [3.63, 3.8) is 0 Å². The van der Waals surface area contributed by atoms with Gasteiger partial charge in [0.15, 0.2) is 0 Å². The maximum atomic E-state index is 13.0. The van der Waals surface area contributed by atoms with Crippen molar-refractivity contribution in [3.05, 3.63) is 124 Å². The number of ether oxygens (including phenoxy) is 2. The summed E-state index contributed by atoms with van der Waals surface area (Å²) in [5.74, 6) is 3.44. The van der Waals surface area contributed by atoms with Gasteiger partial charge in [-0.3, -0.25) is 13.9 Å². The molecule has 6 saturated carbocycles. The first-order valence-corrected chi connectivity index (χ1v) is 25.2. The Morgan fingerprint density at radius 1 is 0.680 bits per heavy atom. The average molecular weight is 1060 g/mol. The predicted octanol–water partition coefficient (Wildman–Crippen LogP) is 8.37. The highest BCUT2D eigenvalue weighted by molar-refractivity contribution is 6.31. The molecule has 6 fully saturated rings. The zero-order valence-electron chi connectivity index (χ0n) is 40.5. The Morgan fingerprint density at radius 3 is 1.68 bits per heavy atom. The summed E-state index contributed by atoms with van der Waals surface area (Å²) < 4.78 is 17.3. The molecule has 2 aromatic carbocycles. The van der Waals surface area contributed by atoms with Gasteiger partial charge in [0.05, 0.1) is 49.0 Å². The van der Waals surface area contributed by atoms with Crippen LogP contribution >= 0.6 is 23.2 Å². The summed E-state index contributed by atoms with van der Waals surface area (Å²) in [4.78, 5) is 48.1. The van der Waals surface area contributed by atoms with Gasteiger partial charge in [-0.2, -0.15) is 10.2 Å². The minimum absolute atomic E-state index is 0. The van der Waals surface area contributed by atoms with E-state index in [9.17, 15) is 9.59 Å². The van der Waals surface area contributed by atoms with Crippen molar-refractivity contribution < 1.29 is 19.1 Å². The number of aryl methyl sites for hydroxylation is 2. The second kappa shape index (κ2) is 21.5. The number of hydrogen-bond acceptors (Lipinski definition) is 14. The summed E-state index contributed by atoms with van der Waals surface area (Å²) in [6, 6.07) is 11.1. The Balaban J connectivity index is 0.000000148. The van der Waals surface area contributed by atoms with Crippen LogP contribution in [-0.4, -0.2) is 90.3 Å². The van der Waals surface area contributed by atoms with Crippen molar-refractivity contribution >= 4 is 47.2 Å². The quantitative estimate of drug-likeness (QED) is 0.0772. The van der Waals surface area contributed by atoms with Crippen LogP contribution in [0, 0.1) is 25.7 Å². The van der Waals surface area contributed by atoms with Crippen molar-refractivity contribution in [2.75, 3.05) is 24.7 Å². The number of nitrogens with two attached hydrogens (primary N) is 2. The molecule has 0 saturated heterocycles. The fraction of sp³-hybridized carbons (Fsp3) is 0.415. The number of hydrogen-bond donors (Lipinski definition) is 5. The third-order valence-corrected chi connectivity index (χ3v) is 15.1. The van der Waals surface area contributed by atoms with E-state index in [1.807, 2.05) is 61.3 Å². The van der Waals surface area contributed by atoms with Gasteiger partial charge in [0.1, 0.15) is 31.0 Å². The molecule has 0 atom stereocenters. The van der Waals surface area contributed by atoms with Crippen LogP contribution in [0.2, 0.25) is 10.0 Å². The Labute approximate surface area is 445 Å². The fourth-order valence-corrected chi connectivity index (χ4v) is 11.4. The molecule has 7 aromatic rings.